The maximum absolute atomic E-state index is 4.42. The fourth-order valence-corrected chi connectivity index (χ4v) is 1.44. The molecule has 0 aliphatic rings. The molecule has 0 saturated carbocycles. The molecule has 2 aromatic rings. The number of fused-ring (bicyclic) bond motifs is 1. The molecule has 0 aliphatic carbocycles. The molecule has 0 aromatic carbocycles. The van der Waals surface area contributed by atoms with E-state index < -0.39 is 0 Å². The Balaban J connectivity index is 2.47. The summed E-state index contributed by atoms with van der Waals surface area (Å²) >= 11 is 0. The number of nitrogens with zero attached hydrogens (tertiary/aromatic N) is 3. The molecule has 17 heavy (non-hydrogen) atoms. The van der Waals surface area contributed by atoms with Crippen LogP contribution in [0.4, 0.5) is 11.8 Å². The van der Waals surface area contributed by atoms with Crippen molar-refractivity contribution in [2.45, 2.75) is 32.7 Å². The lowest BCUT2D eigenvalue weighted by molar-refractivity contribution is 0.545. The van der Waals surface area contributed by atoms with Crippen LogP contribution in [0.15, 0.2) is 6.33 Å². The summed E-state index contributed by atoms with van der Waals surface area (Å²) in [6, 6.07) is 0. The average Bonchev–Trinajstić information content (AvgIpc) is 2.76. The number of aromatic amines is 1. The van der Waals surface area contributed by atoms with Crippen LogP contribution < -0.4 is 10.6 Å². The largest absolute Gasteiger partial charge is 0.363 e. The standard InChI is InChI=1S/C11H18N6/c1-5-11(2,3)17-9-7-8(14-6-13-7)15-10(12-4)16-9/h6H,5H2,1-4H3,(H3,12,13,14,15,16,17). The molecule has 0 bridgehead atoms. The van der Waals surface area contributed by atoms with Gasteiger partial charge in [-0.2, -0.15) is 9.97 Å². The zero-order chi connectivity index (χ0) is 12.5. The Bertz CT molecular complexity index is 516. The zero-order valence-electron chi connectivity index (χ0n) is 10.6. The minimum atomic E-state index is -0.0165. The van der Waals surface area contributed by atoms with Gasteiger partial charge >= 0.3 is 0 Å². The van der Waals surface area contributed by atoms with Gasteiger partial charge in [0.15, 0.2) is 11.5 Å². The molecule has 2 rings (SSSR count). The first-order valence-corrected chi connectivity index (χ1v) is 5.73. The van der Waals surface area contributed by atoms with Gasteiger partial charge in [-0.1, -0.05) is 6.92 Å². The smallest absolute Gasteiger partial charge is 0.226 e. The molecule has 2 aromatic heterocycles. The summed E-state index contributed by atoms with van der Waals surface area (Å²) < 4.78 is 0. The van der Waals surface area contributed by atoms with E-state index in [1.807, 2.05) is 0 Å². The molecule has 0 unspecified atom stereocenters. The summed E-state index contributed by atoms with van der Waals surface area (Å²) in [5.74, 6) is 1.35. The highest BCUT2D eigenvalue weighted by Gasteiger charge is 2.18. The fraction of sp³-hybridized carbons (Fsp3) is 0.545. The number of nitrogens with one attached hydrogen (secondary N) is 3. The first-order valence-electron chi connectivity index (χ1n) is 5.73. The van der Waals surface area contributed by atoms with Gasteiger partial charge in [0.1, 0.15) is 5.52 Å². The predicted molar refractivity (Wildman–Crippen MR) is 69.2 cm³/mol. The van der Waals surface area contributed by atoms with E-state index in [0.29, 0.717) is 11.6 Å². The molecule has 0 radical (unpaired) electrons. The molecule has 0 amide bonds. The van der Waals surface area contributed by atoms with Gasteiger partial charge in [-0.3, -0.25) is 0 Å². The molecule has 0 fully saturated rings. The molecule has 2 heterocycles. The van der Waals surface area contributed by atoms with E-state index >= 15 is 0 Å². The van der Waals surface area contributed by atoms with Gasteiger partial charge in [-0.05, 0) is 20.3 Å². The highest BCUT2D eigenvalue weighted by molar-refractivity contribution is 5.83. The second-order valence-corrected chi connectivity index (χ2v) is 4.61. The average molecular weight is 234 g/mol. The second kappa shape index (κ2) is 4.20. The van der Waals surface area contributed by atoms with Crippen LogP contribution >= 0.6 is 0 Å². The van der Waals surface area contributed by atoms with Crippen molar-refractivity contribution in [1.82, 2.24) is 19.9 Å². The third-order valence-electron chi connectivity index (χ3n) is 2.85. The van der Waals surface area contributed by atoms with Crippen LogP contribution in [0.25, 0.3) is 11.2 Å². The van der Waals surface area contributed by atoms with Crippen molar-refractivity contribution < 1.29 is 0 Å². The molecule has 0 spiro atoms. The molecule has 0 aliphatic heterocycles. The van der Waals surface area contributed by atoms with Crippen LogP contribution in [0, 0.1) is 0 Å². The highest BCUT2D eigenvalue weighted by atomic mass is 15.2. The van der Waals surface area contributed by atoms with E-state index in [-0.39, 0.29) is 5.54 Å². The van der Waals surface area contributed by atoms with Crippen LogP contribution in [0.1, 0.15) is 27.2 Å². The van der Waals surface area contributed by atoms with Gasteiger partial charge < -0.3 is 15.6 Å². The Hall–Kier alpha value is -1.85. The van der Waals surface area contributed by atoms with E-state index in [0.717, 1.165) is 17.8 Å². The van der Waals surface area contributed by atoms with E-state index in [1.165, 1.54) is 0 Å². The zero-order valence-corrected chi connectivity index (χ0v) is 10.6. The van der Waals surface area contributed by atoms with Gasteiger partial charge in [-0.15, -0.1) is 0 Å². The van der Waals surface area contributed by atoms with Gasteiger partial charge in [0.2, 0.25) is 5.95 Å². The number of rotatable bonds is 4. The quantitative estimate of drug-likeness (QED) is 0.754. The number of H-pyrrole nitrogens is 1. The Kier molecular flexibility index (Phi) is 2.87. The summed E-state index contributed by atoms with van der Waals surface area (Å²) in [7, 11) is 1.79. The van der Waals surface area contributed by atoms with Crippen LogP contribution in [-0.2, 0) is 0 Å². The van der Waals surface area contributed by atoms with Crippen molar-refractivity contribution >= 4 is 22.9 Å². The lowest BCUT2D eigenvalue weighted by atomic mass is 10.0. The van der Waals surface area contributed by atoms with Gasteiger partial charge in [0, 0.05) is 12.6 Å². The molecule has 3 N–H and O–H groups in total. The maximum Gasteiger partial charge on any atom is 0.226 e. The summed E-state index contributed by atoms with van der Waals surface area (Å²) in [6.07, 6.45) is 2.63. The van der Waals surface area contributed by atoms with Gasteiger partial charge in [-0.25, -0.2) is 4.98 Å². The lowest BCUT2D eigenvalue weighted by Crippen LogP contribution is -2.30. The van der Waals surface area contributed by atoms with E-state index in [2.05, 4.69) is 51.3 Å². The lowest BCUT2D eigenvalue weighted by Gasteiger charge is -2.25. The van der Waals surface area contributed by atoms with Crippen LogP contribution in [0.5, 0.6) is 0 Å². The minimum Gasteiger partial charge on any atom is -0.363 e. The van der Waals surface area contributed by atoms with Crippen molar-refractivity contribution in [2.75, 3.05) is 17.7 Å². The first kappa shape index (κ1) is 11.6. The summed E-state index contributed by atoms with van der Waals surface area (Å²) in [5, 5.41) is 6.35. The Labute approximate surface area is 100 Å². The third kappa shape index (κ3) is 2.30. The number of imidazole rings is 1. The molecular weight excluding hydrogens is 216 g/mol. The Morgan fingerprint density at radius 1 is 1.35 bits per heavy atom. The fourth-order valence-electron chi connectivity index (χ4n) is 1.44. The summed E-state index contributed by atoms with van der Waals surface area (Å²) in [4.78, 5) is 15.9. The minimum absolute atomic E-state index is 0.0165. The normalized spacial score (nSPS) is 11.8. The van der Waals surface area contributed by atoms with Crippen molar-refractivity contribution in [3.8, 4) is 0 Å². The molecule has 6 heteroatoms. The van der Waals surface area contributed by atoms with Gasteiger partial charge in [0.05, 0.1) is 6.33 Å². The predicted octanol–water partition coefficient (Wildman–Crippen LogP) is 2.00. The maximum atomic E-state index is 4.42. The molecular formula is C11H18N6. The summed E-state index contributed by atoms with van der Waals surface area (Å²) in [6.45, 7) is 6.41. The van der Waals surface area contributed by atoms with Crippen molar-refractivity contribution in [1.29, 1.82) is 0 Å². The van der Waals surface area contributed by atoms with Gasteiger partial charge in [0.25, 0.3) is 0 Å². The van der Waals surface area contributed by atoms with Crippen molar-refractivity contribution in [3.05, 3.63) is 6.33 Å². The Morgan fingerprint density at radius 2 is 2.12 bits per heavy atom. The third-order valence-corrected chi connectivity index (χ3v) is 2.85. The molecule has 0 atom stereocenters. The van der Waals surface area contributed by atoms with Crippen LogP contribution in [0.3, 0.4) is 0 Å². The van der Waals surface area contributed by atoms with Crippen LogP contribution in [0.2, 0.25) is 0 Å². The number of hydrogen-bond donors (Lipinski definition) is 3. The van der Waals surface area contributed by atoms with E-state index in [4.69, 9.17) is 0 Å². The molecule has 92 valence electrons. The molecule has 6 nitrogen and oxygen atoms in total. The topological polar surface area (TPSA) is 78.5 Å². The Morgan fingerprint density at radius 3 is 2.76 bits per heavy atom. The van der Waals surface area contributed by atoms with E-state index in [9.17, 15) is 0 Å². The SMILES string of the molecule is CCC(C)(C)Nc1nc(NC)nc2nc[nH]c12. The number of aromatic nitrogens is 4. The van der Waals surface area contributed by atoms with Crippen molar-refractivity contribution in [2.24, 2.45) is 0 Å². The summed E-state index contributed by atoms with van der Waals surface area (Å²) in [5.41, 5.74) is 1.49. The molecule has 0 saturated heterocycles. The first-order chi connectivity index (χ1) is 8.05. The monoisotopic (exact) mass is 234 g/mol. The highest BCUT2D eigenvalue weighted by Crippen LogP contribution is 2.23. The van der Waals surface area contributed by atoms with Crippen molar-refractivity contribution in [3.63, 3.8) is 0 Å². The second-order valence-electron chi connectivity index (χ2n) is 4.61. The van der Waals surface area contributed by atoms with Crippen LogP contribution in [-0.4, -0.2) is 32.5 Å². The van der Waals surface area contributed by atoms with E-state index in [1.54, 1.807) is 13.4 Å². The number of anilines is 2. The number of hydrogen-bond acceptors (Lipinski definition) is 5.